The third kappa shape index (κ3) is 3.79. The first kappa shape index (κ1) is 14.0. The van der Waals surface area contributed by atoms with Crippen LogP contribution in [0.25, 0.3) is 11.0 Å². The number of rotatable bonds is 5. The van der Waals surface area contributed by atoms with Crippen molar-refractivity contribution in [3.63, 3.8) is 0 Å². The maximum atomic E-state index is 5.75. The van der Waals surface area contributed by atoms with Gasteiger partial charge in [0, 0.05) is 24.9 Å². The van der Waals surface area contributed by atoms with Gasteiger partial charge in [0.05, 0.1) is 6.54 Å². The summed E-state index contributed by atoms with van der Waals surface area (Å²) in [6, 6.07) is 10.1. The highest BCUT2D eigenvalue weighted by atomic mass is 16.3. The van der Waals surface area contributed by atoms with Crippen LogP contribution >= 0.6 is 0 Å². The van der Waals surface area contributed by atoms with Crippen molar-refractivity contribution in [3.05, 3.63) is 36.1 Å². The zero-order chi connectivity index (χ0) is 14.2. The number of hydrogen-bond donors (Lipinski definition) is 2. The van der Waals surface area contributed by atoms with Crippen molar-refractivity contribution in [2.75, 3.05) is 19.6 Å². The zero-order valence-corrected chi connectivity index (χ0v) is 11.6. The molecule has 4 heteroatoms. The topological polar surface area (TPSA) is 49.6 Å². The van der Waals surface area contributed by atoms with Crippen LogP contribution in [0.4, 0.5) is 0 Å². The third-order valence-electron chi connectivity index (χ3n) is 2.81. The van der Waals surface area contributed by atoms with Crippen molar-refractivity contribution in [1.82, 2.24) is 10.6 Å². The molecule has 0 fully saturated rings. The maximum absolute atomic E-state index is 5.75. The summed E-state index contributed by atoms with van der Waals surface area (Å²) in [6.45, 7) is 3.95. The van der Waals surface area contributed by atoms with Crippen LogP contribution in [0, 0.1) is 12.3 Å². The van der Waals surface area contributed by atoms with E-state index in [1.807, 2.05) is 31.2 Å². The van der Waals surface area contributed by atoms with E-state index < -0.39 is 0 Å². The second-order valence-corrected chi connectivity index (χ2v) is 4.32. The third-order valence-corrected chi connectivity index (χ3v) is 2.81. The van der Waals surface area contributed by atoms with Crippen LogP contribution in [0.1, 0.15) is 12.7 Å². The molecular formula is C16H19N3O. The molecule has 2 aromatic rings. The van der Waals surface area contributed by atoms with Gasteiger partial charge in [-0.1, -0.05) is 24.1 Å². The fourth-order valence-corrected chi connectivity index (χ4v) is 1.91. The van der Waals surface area contributed by atoms with Crippen molar-refractivity contribution < 1.29 is 4.42 Å². The fraction of sp³-hybridized carbons (Fsp3) is 0.312. The number of fused-ring (bicyclic) bond motifs is 1. The second-order valence-electron chi connectivity index (χ2n) is 4.32. The molecule has 0 aliphatic rings. The minimum Gasteiger partial charge on any atom is -0.461 e. The molecule has 0 unspecified atom stereocenters. The Morgan fingerprint density at radius 3 is 2.95 bits per heavy atom. The van der Waals surface area contributed by atoms with Gasteiger partial charge in [-0.2, -0.15) is 0 Å². The Kier molecular flexibility index (Phi) is 5.08. The van der Waals surface area contributed by atoms with Crippen molar-refractivity contribution in [2.24, 2.45) is 4.99 Å². The van der Waals surface area contributed by atoms with Gasteiger partial charge in [0.15, 0.2) is 5.96 Å². The molecule has 0 amide bonds. The smallest absolute Gasteiger partial charge is 0.192 e. The molecule has 1 aromatic carbocycles. The molecule has 1 aromatic heterocycles. The Labute approximate surface area is 119 Å². The minimum absolute atomic E-state index is 0.469. The van der Waals surface area contributed by atoms with E-state index in [0.29, 0.717) is 13.1 Å². The maximum Gasteiger partial charge on any atom is 0.192 e. The van der Waals surface area contributed by atoms with Gasteiger partial charge in [0.25, 0.3) is 0 Å². The molecule has 2 rings (SSSR count). The number of terminal acetylenes is 1. The van der Waals surface area contributed by atoms with Gasteiger partial charge < -0.3 is 15.1 Å². The van der Waals surface area contributed by atoms with Gasteiger partial charge in [-0.25, -0.2) is 0 Å². The van der Waals surface area contributed by atoms with Gasteiger partial charge in [0.1, 0.15) is 11.3 Å². The molecule has 0 bridgehead atoms. The van der Waals surface area contributed by atoms with E-state index in [0.717, 1.165) is 35.7 Å². The molecule has 104 valence electrons. The first-order valence-corrected chi connectivity index (χ1v) is 6.76. The van der Waals surface area contributed by atoms with E-state index in [4.69, 9.17) is 10.8 Å². The Bertz CT molecular complexity index is 589. The summed E-state index contributed by atoms with van der Waals surface area (Å²) in [5, 5.41) is 7.33. The summed E-state index contributed by atoms with van der Waals surface area (Å²) in [5.41, 5.74) is 0.920. The van der Waals surface area contributed by atoms with E-state index in [1.165, 1.54) is 0 Å². The van der Waals surface area contributed by atoms with Crippen LogP contribution in [0.3, 0.4) is 0 Å². The Hall–Kier alpha value is -2.41. The van der Waals surface area contributed by atoms with Crippen LogP contribution in [0.2, 0.25) is 0 Å². The summed E-state index contributed by atoms with van der Waals surface area (Å²) in [5.74, 6) is 4.22. The minimum atomic E-state index is 0.469. The predicted octanol–water partition coefficient (Wildman–Crippen LogP) is 2.16. The number of aliphatic imine (C=N–C) groups is 1. The van der Waals surface area contributed by atoms with Crippen molar-refractivity contribution in [3.8, 4) is 12.3 Å². The lowest BCUT2D eigenvalue weighted by molar-refractivity contribution is 0.550. The molecule has 0 saturated carbocycles. The molecule has 1 heterocycles. The summed E-state index contributed by atoms with van der Waals surface area (Å²) < 4.78 is 5.75. The van der Waals surface area contributed by atoms with Crippen LogP contribution in [-0.2, 0) is 6.42 Å². The number of para-hydroxylation sites is 1. The van der Waals surface area contributed by atoms with Crippen molar-refractivity contribution in [2.45, 2.75) is 13.3 Å². The van der Waals surface area contributed by atoms with Crippen molar-refractivity contribution in [1.29, 1.82) is 0 Å². The van der Waals surface area contributed by atoms with Crippen LogP contribution in [0.5, 0.6) is 0 Å². The highest BCUT2D eigenvalue weighted by Gasteiger charge is 2.02. The monoisotopic (exact) mass is 269 g/mol. The van der Waals surface area contributed by atoms with Crippen molar-refractivity contribution >= 4 is 16.9 Å². The number of benzene rings is 1. The fourth-order valence-electron chi connectivity index (χ4n) is 1.91. The summed E-state index contributed by atoms with van der Waals surface area (Å²) in [7, 11) is 0. The lowest BCUT2D eigenvalue weighted by atomic mass is 10.2. The molecule has 0 atom stereocenters. The quantitative estimate of drug-likeness (QED) is 0.497. The lowest BCUT2D eigenvalue weighted by Gasteiger charge is -2.08. The standard InChI is InChI=1S/C16H19N3O/c1-3-10-18-16(17-4-2)19-11-9-14-12-13-7-5-6-8-15(13)20-14/h1,5-8,12H,4,9-11H2,2H3,(H2,17,18,19). The number of nitrogens with one attached hydrogen (secondary N) is 2. The van der Waals surface area contributed by atoms with Gasteiger partial charge in [-0.05, 0) is 19.1 Å². The highest BCUT2D eigenvalue weighted by Crippen LogP contribution is 2.18. The Morgan fingerprint density at radius 2 is 2.20 bits per heavy atom. The average Bonchev–Trinajstić information content (AvgIpc) is 2.87. The zero-order valence-electron chi connectivity index (χ0n) is 11.6. The lowest BCUT2D eigenvalue weighted by Crippen LogP contribution is -2.37. The van der Waals surface area contributed by atoms with Gasteiger partial charge in [-0.15, -0.1) is 6.42 Å². The number of guanidine groups is 1. The Morgan fingerprint density at radius 1 is 1.35 bits per heavy atom. The van der Waals surface area contributed by atoms with Gasteiger partial charge in [-0.3, -0.25) is 4.99 Å². The number of nitrogens with zero attached hydrogens (tertiary/aromatic N) is 1. The molecule has 20 heavy (non-hydrogen) atoms. The molecular weight excluding hydrogens is 250 g/mol. The van der Waals surface area contributed by atoms with E-state index >= 15 is 0 Å². The van der Waals surface area contributed by atoms with Crippen LogP contribution in [0.15, 0.2) is 39.7 Å². The van der Waals surface area contributed by atoms with E-state index in [1.54, 1.807) is 0 Å². The molecule has 0 aliphatic carbocycles. The number of furan rings is 1. The Balaban J connectivity index is 1.94. The molecule has 0 radical (unpaired) electrons. The number of hydrogen-bond acceptors (Lipinski definition) is 2. The molecule has 2 N–H and O–H groups in total. The normalized spacial score (nSPS) is 11.3. The van der Waals surface area contributed by atoms with Gasteiger partial charge >= 0.3 is 0 Å². The van der Waals surface area contributed by atoms with Crippen LogP contribution in [-0.4, -0.2) is 25.6 Å². The summed E-state index contributed by atoms with van der Waals surface area (Å²) >= 11 is 0. The predicted molar refractivity (Wildman–Crippen MR) is 82.7 cm³/mol. The van der Waals surface area contributed by atoms with E-state index in [2.05, 4.69) is 27.6 Å². The second kappa shape index (κ2) is 7.25. The van der Waals surface area contributed by atoms with E-state index in [9.17, 15) is 0 Å². The largest absolute Gasteiger partial charge is 0.461 e. The summed E-state index contributed by atoms with van der Waals surface area (Å²) in [4.78, 5) is 4.46. The molecule has 0 saturated heterocycles. The molecule has 0 aliphatic heterocycles. The van der Waals surface area contributed by atoms with E-state index in [-0.39, 0.29) is 0 Å². The van der Waals surface area contributed by atoms with Gasteiger partial charge in [0.2, 0.25) is 0 Å². The first-order valence-electron chi connectivity index (χ1n) is 6.76. The SMILES string of the molecule is C#CCNC(=NCCc1cc2ccccc2o1)NCC. The molecule has 4 nitrogen and oxygen atoms in total. The molecule has 0 spiro atoms. The summed E-state index contributed by atoms with van der Waals surface area (Å²) in [6.07, 6.45) is 5.99. The first-order chi connectivity index (χ1) is 9.83. The van der Waals surface area contributed by atoms with Crippen LogP contribution < -0.4 is 10.6 Å². The highest BCUT2D eigenvalue weighted by molar-refractivity contribution is 5.80. The average molecular weight is 269 g/mol.